The first-order valence-corrected chi connectivity index (χ1v) is 10.8. The SMILES string of the molecule is C/C=C\C(=C/C(Nc1nc2ccc(-c3ccncc3)cc2s1)=C(C)C)CNC(=O)CO. The first kappa shape index (κ1) is 22.4. The maximum absolute atomic E-state index is 11.4. The number of benzene rings is 1. The zero-order chi connectivity index (χ0) is 22.2. The predicted octanol–water partition coefficient (Wildman–Crippen LogP) is 4.68. The molecule has 0 spiro atoms. The molecule has 0 fully saturated rings. The molecule has 0 bridgehead atoms. The number of nitrogens with zero attached hydrogens (tertiary/aromatic N) is 2. The quantitative estimate of drug-likeness (QED) is 0.448. The van der Waals surface area contributed by atoms with E-state index in [0.717, 1.165) is 43.3 Å². The maximum atomic E-state index is 11.4. The molecule has 3 rings (SSSR count). The van der Waals surface area contributed by atoms with E-state index in [-0.39, 0.29) is 0 Å². The van der Waals surface area contributed by atoms with Crippen molar-refractivity contribution in [1.29, 1.82) is 0 Å². The van der Waals surface area contributed by atoms with E-state index in [1.165, 1.54) is 0 Å². The first-order valence-electron chi connectivity index (χ1n) is 9.96. The van der Waals surface area contributed by atoms with Crippen LogP contribution in [0.2, 0.25) is 0 Å². The van der Waals surface area contributed by atoms with E-state index in [9.17, 15) is 4.79 Å². The molecular weight excluding hydrogens is 408 g/mol. The number of rotatable bonds is 8. The van der Waals surface area contributed by atoms with Crippen LogP contribution < -0.4 is 10.6 Å². The van der Waals surface area contributed by atoms with E-state index in [2.05, 4.69) is 27.8 Å². The van der Waals surface area contributed by atoms with Crippen molar-refractivity contribution in [2.75, 3.05) is 18.5 Å². The lowest BCUT2D eigenvalue weighted by atomic mass is 10.1. The van der Waals surface area contributed by atoms with Crippen LogP contribution in [0.25, 0.3) is 21.3 Å². The zero-order valence-corrected chi connectivity index (χ0v) is 18.7. The molecule has 1 aromatic carbocycles. The van der Waals surface area contributed by atoms with Gasteiger partial charge in [0.2, 0.25) is 5.91 Å². The van der Waals surface area contributed by atoms with E-state index in [1.807, 2.05) is 57.2 Å². The van der Waals surface area contributed by atoms with Gasteiger partial charge in [0, 0.05) is 24.6 Å². The van der Waals surface area contributed by atoms with E-state index >= 15 is 0 Å². The molecule has 1 amide bonds. The topological polar surface area (TPSA) is 87.1 Å². The second kappa shape index (κ2) is 10.7. The standard InChI is InChI=1S/C24H26N4O2S/c1-4-5-17(14-26-23(30)15-29)12-21(16(2)3)28-24-27-20-7-6-19(13-22(20)31-24)18-8-10-25-11-9-18/h4-13,29H,14-15H2,1-3H3,(H,26,30)(H,27,28)/b5-4-,17-12+. The Labute approximate surface area is 186 Å². The molecule has 0 aliphatic rings. The van der Waals surface area contributed by atoms with Crippen molar-refractivity contribution in [3.05, 3.63) is 77.8 Å². The van der Waals surface area contributed by atoms with Gasteiger partial charge in [-0.25, -0.2) is 4.98 Å². The van der Waals surface area contributed by atoms with Gasteiger partial charge in [-0.2, -0.15) is 0 Å². The molecule has 160 valence electrons. The zero-order valence-electron chi connectivity index (χ0n) is 17.8. The van der Waals surface area contributed by atoms with Crippen molar-refractivity contribution in [3.8, 4) is 11.1 Å². The van der Waals surface area contributed by atoms with Crippen molar-refractivity contribution in [3.63, 3.8) is 0 Å². The highest BCUT2D eigenvalue weighted by molar-refractivity contribution is 7.22. The third-order valence-corrected chi connectivity index (χ3v) is 5.46. The molecule has 7 heteroatoms. The van der Waals surface area contributed by atoms with Crippen LogP contribution >= 0.6 is 11.3 Å². The third-order valence-electron chi connectivity index (χ3n) is 4.53. The molecule has 3 aromatic rings. The van der Waals surface area contributed by atoms with Crippen LogP contribution in [-0.4, -0.2) is 34.1 Å². The Morgan fingerprint density at radius 1 is 1.16 bits per heavy atom. The van der Waals surface area contributed by atoms with Gasteiger partial charge in [-0.05, 0) is 67.8 Å². The minimum atomic E-state index is -0.524. The molecule has 0 aliphatic heterocycles. The average Bonchev–Trinajstić information content (AvgIpc) is 3.18. The summed E-state index contributed by atoms with van der Waals surface area (Å²) in [5.74, 6) is -0.404. The predicted molar refractivity (Wildman–Crippen MR) is 128 cm³/mol. The molecular formula is C24H26N4O2S. The van der Waals surface area contributed by atoms with Gasteiger partial charge >= 0.3 is 0 Å². The highest BCUT2D eigenvalue weighted by atomic mass is 32.1. The summed E-state index contributed by atoms with van der Waals surface area (Å²) in [5.41, 5.74) is 6.10. The third kappa shape index (κ3) is 6.10. The fourth-order valence-corrected chi connectivity index (χ4v) is 3.85. The van der Waals surface area contributed by atoms with Gasteiger partial charge in [0.05, 0.1) is 10.2 Å². The van der Waals surface area contributed by atoms with E-state index < -0.39 is 12.5 Å². The number of pyridine rings is 1. The second-order valence-corrected chi connectivity index (χ2v) is 8.16. The monoisotopic (exact) mass is 434 g/mol. The Bertz CT molecular complexity index is 1140. The molecule has 6 nitrogen and oxygen atoms in total. The molecule has 3 N–H and O–H groups in total. The summed E-state index contributed by atoms with van der Waals surface area (Å²) in [6.07, 6.45) is 9.41. The van der Waals surface area contributed by atoms with Gasteiger partial charge in [-0.15, -0.1) is 0 Å². The summed E-state index contributed by atoms with van der Waals surface area (Å²) in [7, 11) is 0. The number of anilines is 1. The van der Waals surface area contributed by atoms with Crippen LogP contribution in [0.1, 0.15) is 20.8 Å². The number of aliphatic hydroxyl groups is 1. The number of hydrogen-bond acceptors (Lipinski definition) is 6. The lowest BCUT2D eigenvalue weighted by Gasteiger charge is -2.10. The molecule has 0 aliphatic carbocycles. The van der Waals surface area contributed by atoms with Crippen molar-refractivity contribution in [2.45, 2.75) is 20.8 Å². The fourth-order valence-electron chi connectivity index (χ4n) is 2.94. The minimum absolute atomic E-state index is 0.331. The van der Waals surface area contributed by atoms with Crippen molar-refractivity contribution < 1.29 is 9.90 Å². The second-order valence-electron chi connectivity index (χ2n) is 7.13. The number of amides is 1. The lowest BCUT2D eigenvalue weighted by Crippen LogP contribution is -2.28. The summed E-state index contributed by atoms with van der Waals surface area (Å²) in [6, 6.07) is 10.2. The molecule has 31 heavy (non-hydrogen) atoms. The molecule has 2 heterocycles. The van der Waals surface area contributed by atoms with Gasteiger partial charge in [-0.1, -0.05) is 35.1 Å². The van der Waals surface area contributed by atoms with Crippen LogP contribution in [0.4, 0.5) is 5.13 Å². The van der Waals surface area contributed by atoms with Crippen molar-refractivity contribution in [2.24, 2.45) is 0 Å². The van der Waals surface area contributed by atoms with E-state index in [0.29, 0.717) is 6.54 Å². The van der Waals surface area contributed by atoms with Gasteiger partial charge in [0.1, 0.15) is 6.61 Å². The summed E-state index contributed by atoms with van der Waals surface area (Å²) in [4.78, 5) is 20.2. The number of thiazole rings is 1. The number of aromatic nitrogens is 2. The number of hydrogen-bond donors (Lipinski definition) is 3. The molecule has 0 unspecified atom stereocenters. The number of aliphatic hydroxyl groups excluding tert-OH is 1. The van der Waals surface area contributed by atoms with Crippen molar-refractivity contribution >= 4 is 32.6 Å². The number of nitrogens with one attached hydrogen (secondary N) is 2. The Hall–Kier alpha value is -3.29. The van der Waals surface area contributed by atoms with Crippen LogP contribution in [0.3, 0.4) is 0 Å². The smallest absolute Gasteiger partial charge is 0.245 e. The first-order chi connectivity index (χ1) is 15.0. The van der Waals surface area contributed by atoms with Crippen molar-refractivity contribution in [1.82, 2.24) is 15.3 Å². The van der Waals surface area contributed by atoms with Crippen LogP contribution in [0, 0.1) is 0 Å². The Morgan fingerprint density at radius 3 is 2.61 bits per heavy atom. The average molecular weight is 435 g/mol. The maximum Gasteiger partial charge on any atom is 0.245 e. The summed E-state index contributed by atoms with van der Waals surface area (Å²) >= 11 is 1.59. The van der Waals surface area contributed by atoms with Gasteiger partial charge in [0.15, 0.2) is 5.13 Å². The Morgan fingerprint density at radius 2 is 1.94 bits per heavy atom. The Balaban J connectivity index is 1.85. The van der Waals surface area contributed by atoms with Crippen LogP contribution in [0.15, 0.2) is 77.8 Å². The molecule has 0 atom stereocenters. The molecule has 0 saturated heterocycles. The highest BCUT2D eigenvalue weighted by Crippen LogP contribution is 2.31. The molecule has 0 radical (unpaired) electrons. The van der Waals surface area contributed by atoms with E-state index in [4.69, 9.17) is 10.1 Å². The van der Waals surface area contributed by atoms with Crippen LogP contribution in [-0.2, 0) is 4.79 Å². The fraction of sp³-hybridized carbons (Fsp3) is 0.208. The molecule has 2 aromatic heterocycles. The largest absolute Gasteiger partial charge is 0.387 e. The minimum Gasteiger partial charge on any atom is -0.387 e. The van der Waals surface area contributed by atoms with E-state index in [1.54, 1.807) is 23.7 Å². The lowest BCUT2D eigenvalue weighted by molar-refractivity contribution is -0.123. The summed E-state index contributed by atoms with van der Waals surface area (Å²) in [5, 5.41) is 15.8. The number of carbonyl (C=O) groups is 1. The molecule has 0 saturated carbocycles. The van der Waals surface area contributed by atoms with Gasteiger partial charge in [-0.3, -0.25) is 9.78 Å². The van der Waals surface area contributed by atoms with Crippen LogP contribution in [0.5, 0.6) is 0 Å². The number of fused-ring (bicyclic) bond motifs is 1. The summed E-state index contributed by atoms with van der Waals surface area (Å²) in [6.45, 7) is 5.77. The van der Waals surface area contributed by atoms with Gasteiger partial charge < -0.3 is 15.7 Å². The van der Waals surface area contributed by atoms with Gasteiger partial charge in [0.25, 0.3) is 0 Å². The summed E-state index contributed by atoms with van der Waals surface area (Å²) < 4.78 is 1.10. The highest BCUT2D eigenvalue weighted by Gasteiger charge is 2.08. The number of allylic oxidation sites excluding steroid dienone is 3. The Kier molecular flexibility index (Phi) is 7.70. The normalized spacial score (nSPS) is 11.7. The number of carbonyl (C=O) groups excluding carboxylic acids is 1.